The summed E-state index contributed by atoms with van der Waals surface area (Å²) >= 11 is 0. The summed E-state index contributed by atoms with van der Waals surface area (Å²) in [4.78, 5) is 2.56. The molecule has 0 radical (unpaired) electrons. The van der Waals surface area contributed by atoms with Crippen LogP contribution in [0.3, 0.4) is 0 Å². The van der Waals surface area contributed by atoms with Gasteiger partial charge in [-0.1, -0.05) is 31.2 Å². The third-order valence-electron chi connectivity index (χ3n) is 3.63. The summed E-state index contributed by atoms with van der Waals surface area (Å²) in [5.41, 5.74) is 4.49. The molecule has 1 atom stereocenters. The molecule has 0 aromatic rings. The van der Waals surface area contributed by atoms with E-state index >= 15 is 0 Å². The van der Waals surface area contributed by atoms with Crippen LogP contribution in [0.4, 0.5) is 0 Å². The van der Waals surface area contributed by atoms with Gasteiger partial charge in [-0.05, 0) is 30.9 Å². The zero-order valence-electron chi connectivity index (χ0n) is 9.24. The Balaban J connectivity index is 2.04. The minimum absolute atomic E-state index is 0.643. The largest absolute Gasteiger partial charge is 0.364 e. The molecule has 0 aromatic carbocycles. The molecular weight excluding hydrogens is 182 g/mol. The highest BCUT2D eigenvalue weighted by molar-refractivity contribution is 5.52. The smallest absolute Gasteiger partial charge is 0.0474 e. The van der Waals surface area contributed by atoms with E-state index in [9.17, 15) is 0 Å². The van der Waals surface area contributed by atoms with Crippen LogP contribution in [0.2, 0.25) is 0 Å². The van der Waals surface area contributed by atoms with Crippen molar-refractivity contribution in [3.63, 3.8) is 0 Å². The molecule has 0 bridgehead atoms. The van der Waals surface area contributed by atoms with Gasteiger partial charge in [0.25, 0.3) is 0 Å². The Morgan fingerprint density at radius 1 is 1.40 bits per heavy atom. The van der Waals surface area contributed by atoms with E-state index < -0.39 is 0 Å². The molecule has 15 heavy (non-hydrogen) atoms. The van der Waals surface area contributed by atoms with Crippen LogP contribution in [0.1, 0.15) is 26.2 Å². The zero-order chi connectivity index (χ0) is 10.3. The Morgan fingerprint density at radius 2 is 2.33 bits per heavy atom. The van der Waals surface area contributed by atoms with Crippen LogP contribution in [0, 0.1) is 0 Å². The fraction of sp³-hybridized carbons (Fsp3) is 0.429. The molecule has 0 saturated heterocycles. The van der Waals surface area contributed by atoms with Gasteiger partial charge in [-0.2, -0.15) is 0 Å². The Labute approximate surface area is 91.5 Å². The quantitative estimate of drug-likeness (QED) is 0.627. The van der Waals surface area contributed by atoms with Gasteiger partial charge in [-0.25, -0.2) is 0 Å². The Bertz CT molecular complexity index is 396. The van der Waals surface area contributed by atoms with E-state index in [1.54, 1.807) is 5.57 Å². The molecule has 0 N–H and O–H groups in total. The van der Waals surface area contributed by atoms with Crippen LogP contribution >= 0.6 is 0 Å². The maximum absolute atomic E-state index is 2.56. The first-order valence-corrected chi connectivity index (χ1v) is 5.95. The third-order valence-corrected chi connectivity index (χ3v) is 3.63. The monoisotopic (exact) mass is 199 g/mol. The van der Waals surface area contributed by atoms with Gasteiger partial charge in [-0.15, -0.1) is 0 Å². The van der Waals surface area contributed by atoms with Crippen molar-refractivity contribution in [2.75, 3.05) is 6.54 Å². The van der Waals surface area contributed by atoms with Crippen LogP contribution < -0.4 is 0 Å². The minimum atomic E-state index is 0.643. The number of hydrogen-bond donors (Lipinski definition) is 0. The molecule has 0 aromatic heterocycles. The van der Waals surface area contributed by atoms with Crippen molar-refractivity contribution in [1.29, 1.82) is 0 Å². The summed E-state index contributed by atoms with van der Waals surface area (Å²) in [7, 11) is 0. The molecule has 1 nitrogen and oxygen atoms in total. The summed E-state index contributed by atoms with van der Waals surface area (Å²) in [5.74, 6) is 0. The SMILES string of the molecule is CCC1C=CC2=C3C=CCC=C3CCN21. The van der Waals surface area contributed by atoms with Crippen LogP contribution in [-0.4, -0.2) is 17.5 Å². The van der Waals surface area contributed by atoms with Crippen LogP contribution in [0.5, 0.6) is 0 Å². The Kier molecular flexibility index (Phi) is 2.05. The van der Waals surface area contributed by atoms with E-state index in [2.05, 4.69) is 42.2 Å². The predicted octanol–water partition coefficient (Wildman–Crippen LogP) is 3.18. The lowest BCUT2D eigenvalue weighted by Crippen LogP contribution is -2.33. The number of rotatable bonds is 1. The summed E-state index contributed by atoms with van der Waals surface area (Å²) in [6, 6.07) is 0.643. The molecule has 3 rings (SSSR count). The normalized spacial score (nSPS) is 27.9. The van der Waals surface area contributed by atoms with Crippen molar-refractivity contribution in [3.05, 3.63) is 47.2 Å². The maximum atomic E-state index is 2.56. The zero-order valence-corrected chi connectivity index (χ0v) is 9.24. The molecule has 3 aliphatic rings. The first kappa shape index (κ1) is 9.02. The van der Waals surface area contributed by atoms with Crippen LogP contribution in [0.15, 0.2) is 47.2 Å². The molecule has 1 aliphatic carbocycles. The van der Waals surface area contributed by atoms with E-state index in [0.29, 0.717) is 6.04 Å². The van der Waals surface area contributed by atoms with Crippen LogP contribution in [-0.2, 0) is 0 Å². The van der Waals surface area contributed by atoms with Gasteiger partial charge < -0.3 is 4.90 Å². The first-order chi connectivity index (χ1) is 7.40. The number of hydrogen-bond acceptors (Lipinski definition) is 1. The highest BCUT2D eigenvalue weighted by atomic mass is 15.2. The summed E-state index contributed by atoms with van der Waals surface area (Å²) in [5, 5.41) is 0. The van der Waals surface area contributed by atoms with Gasteiger partial charge in [0.2, 0.25) is 0 Å². The second kappa shape index (κ2) is 3.41. The van der Waals surface area contributed by atoms with E-state index in [1.165, 1.54) is 30.7 Å². The highest BCUT2D eigenvalue weighted by Gasteiger charge is 2.28. The predicted molar refractivity (Wildman–Crippen MR) is 63.4 cm³/mol. The van der Waals surface area contributed by atoms with Gasteiger partial charge >= 0.3 is 0 Å². The molecule has 2 heterocycles. The van der Waals surface area contributed by atoms with E-state index in [-0.39, 0.29) is 0 Å². The Morgan fingerprint density at radius 3 is 3.20 bits per heavy atom. The fourth-order valence-electron chi connectivity index (χ4n) is 2.81. The molecule has 0 spiro atoms. The summed E-state index contributed by atoms with van der Waals surface area (Å²) in [6.45, 7) is 3.47. The lowest BCUT2D eigenvalue weighted by atomic mass is 9.91. The van der Waals surface area contributed by atoms with E-state index in [1.807, 2.05) is 0 Å². The van der Waals surface area contributed by atoms with Crippen molar-refractivity contribution < 1.29 is 0 Å². The molecule has 0 amide bonds. The number of allylic oxidation sites excluding steroid dienone is 5. The van der Waals surface area contributed by atoms with Gasteiger partial charge in [0.15, 0.2) is 0 Å². The number of nitrogens with zero attached hydrogens (tertiary/aromatic N) is 1. The highest BCUT2D eigenvalue weighted by Crippen LogP contribution is 2.36. The van der Waals surface area contributed by atoms with Crippen LogP contribution in [0.25, 0.3) is 0 Å². The number of fused-ring (bicyclic) bond motifs is 2. The molecular formula is C14H17N. The van der Waals surface area contributed by atoms with Crippen molar-refractivity contribution in [3.8, 4) is 0 Å². The molecule has 78 valence electrons. The molecule has 1 heteroatoms. The van der Waals surface area contributed by atoms with E-state index in [0.717, 1.165) is 6.42 Å². The molecule has 2 aliphatic heterocycles. The van der Waals surface area contributed by atoms with Gasteiger partial charge in [0.05, 0.1) is 0 Å². The third kappa shape index (κ3) is 1.30. The lowest BCUT2D eigenvalue weighted by Gasteiger charge is -2.34. The molecule has 0 saturated carbocycles. The van der Waals surface area contributed by atoms with Crippen molar-refractivity contribution in [1.82, 2.24) is 4.90 Å². The molecule has 1 unspecified atom stereocenters. The fourth-order valence-corrected chi connectivity index (χ4v) is 2.81. The molecule has 0 fully saturated rings. The average Bonchev–Trinajstić information content (AvgIpc) is 2.72. The second-order valence-electron chi connectivity index (χ2n) is 4.44. The first-order valence-electron chi connectivity index (χ1n) is 5.95. The van der Waals surface area contributed by atoms with Crippen molar-refractivity contribution in [2.45, 2.75) is 32.2 Å². The summed E-state index contributed by atoms with van der Waals surface area (Å²) < 4.78 is 0. The Hall–Kier alpha value is -1.24. The van der Waals surface area contributed by atoms with Crippen molar-refractivity contribution in [2.24, 2.45) is 0 Å². The van der Waals surface area contributed by atoms with Gasteiger partial charge in [0, 0.05) is 23.9 Å². The van der Waals surface area contributed by atoms with E-state index in [4.69, 9.17) is 0 Å². The topological polar surface area (TPSA) is 3.24 Å². The summed E-state index contributed by atoms with van der Waals surface area (Å²) in [6.07, 6.45) is 15.2. The minimum Gasteiger partial charge on any atom is -0.364 e. The van der Waals surface area contributed by atoms with Crippen molar-refractivity contribution >= 4 is 0 Å². The average molecular weight is 199 g/mol. The second-order valence-corrected chi connectivity index (χ2v) is 4.44. The standard InChI is InChI=1S/C14H17N/c1-2-12-7-8-14-13-6-4-3-5-11(13)9-10-15(12)14/h4-8,12H,2-3,9-10H2,1H3. The van der Waals surface area contributed by atoms with Gasteiger partial charge in [0.1, 0.15) is 0 Å². The maximum Gasteiger partial charge on any atom is 0.0474 e. The lowest BCUT2D eigenvalue weighted by molar-refractivity contribution is 0.303. The van der Waals surface area contributed by atoms with Gasteiger partial charge in [-0.3, -0.25) is 0 Å².